The minimum Gasteiger partial charge on any atom is -0.465 e. The van der Waals surface area contributed by atoms with Crippen LogP contribution in [0.2, 0.25) is 5.02 Å². The fourth-order valence-corrected chi connectivity index (χ4v) is 1.07. The van der Waals surface area contributed by atoms with Crippen LogP contribution in [0, 0.1) is 6.58 Å². The summed E-state index contributed by atoms with van der Waals surface area (Å²) in [5, 5.41) is 0.532. The molecule has 0 fully saturated rings. The summed E-state index contributed by atoms with van der Waals surface area (Å²) in [6.45, 7) is 5.50. The smallest absolute Gasteiger partial charge is 0.338 e. The quantitative estimate of drug-likeness (QED) is 0.535. The first-order valence-electron chi connectivity index (χ1n) is 3.62. The van der Waals surface area contributed by atoms with E-state index in [1.165, 1.54) is 7.11 Å². The zero-order valence-electron chi connectivity index (χ0n) is 7.08. The fourth-order valence-electron chi connectivity index (χ4n) is 0.884. The molecule has 0 aliphatic heterocycles. The third kappa shape index (κ3) is 2.33. The molecule has 2 nitrogen and oxygen atoms in total. The summed E-state index contributed by atoms with van der Waals surface area (Å²) in [7, 11) is 1.28. The molecule has 0 N–H and O–H groups in total. The van der Waals surface area contributed by atoms with Gasteiger partial charge in [-0.2, -0.15) is 0 Å². The van der Waals surface area contributed by atoms with Crippen LogP contribution in [-0.4, -0.2) is 13.1 Å². The van der Waals surface area contributed by atoms with Crippen LogP contribution in [0.1, 0.15) is 5.56 Å². The Morgan fingerprint density at radius 3 is 2.77 bits per heavy atom. The third-order valence-corrected chi connectivity index (χ3v) is 1.78. The molecule has 0 unspecified atom stereocenters. The minimum absolute atomic E-state index is 0.0602. The van der Waals surface area contributed by atoms with Gasteiger partial charge < -0.3 is 4.74 Å². The Hall–Kier alpha value is -1.28. The van der Waals surface area contributed by atoms with Crippen LogP contribution in [-0.2, 0) is 9.53 Å². The maximum atomic E-state index is 11.0. The number of ether oxygens (including phenoxy) is 1. The lowest BCUT2D eigenvalue weighted by Gasteiger charge is -2.02. The normalized spacial score (nSPS) is 9.38. The maximum absolute atomic E-state index is 11.0. The molecule has 0 aliphatic carbocycles. The van der Waals surface area contributed by atoms with Crippen LogP contribution in [0.5, 0.6) is 0 Å². The van der Waals surface area contributed by atoms with Gasteiger partial charge in [0.25, 0.3) is 0 Å². The molecule has 67 valence electrons. The van der Waals surface area contributed by atoms with Crippen LogP contribution < -0.4 is 0 Å². The van der Waals surface area contributed by atoms with Crippen molar-refractivity contribution in [1.29, 1.82) is 0 Å². The van der Waals surface area contributed by atoms with Gasteiger partial charge in [0.15, 0.2) is 0 Å². The highest BCUT2D eigenvalue weighted by Gasteiger charge is 2.09. The molecule has 1 aromatic carbocycles. The first-order valence-corrected chi connectivity index (χ1v) is 3.99. The van der Waals surface area contributed by atoms with Crippen molar-refractivity contribution >= 4 is 23.1 Å². The third-order valence-electron chi connectivity index (χ3n) is 1.54. The zero-order chi connectivity index (χ0) is 9.84. The van der Waals surface area contributed by atoms with Gasteiger partial charge in [0.1, 0.15) is 0 Å². The zero-order valence-corrected chi connectivity index (χ0v) is 7.84. The van der Waals surface area contributed by atoms with E-state index < -0.39 is 5.97 Å². The molecule has 3 heteroatoms. The van der Waals surface area contributed by atoms with E-state index in [1.54, 1.807) is 24.3 Å². The van der Waals surface area contributed by atoms with E-state index in [4.69, 9.17) is 18.2 Å². The Labute approximate surface area is 81.8 Å². The van der Waals surface area contributed by atoms with Gasteiger partial charge in [-0.15, -0.1) is 0 Å². The number of carbonyl (C=O) groups excluding carboxylic acids is 1. The lowest BCUT2D eigenvalue weighted by atomic mass is 10.1. The van der Waals surface area contributed by atoms with Crippen LogP contribution in [0.25, 0.3) is 5.57 Å². The molecule has 1 rings (SSSR count). The van der Waals surface area contributed by atoms with Crippen molar-refractivity contribution in [2.45, 2.75) is 0 Å². The monoisotopic (exact) mass is 195 g/mol. The van der Waals surface area contributed by atoms with Crippen LogP contribution in [0.4, 0.5) is 0 Å². The second kappa shape index (κ2) is 4.10. The summed E-state index contributed by atoms with van der Waals surface area (Å²) in [4.78, 5) is 11.0. The summed E-state index contributed by atoms with van der Waals surface area (Å²) in [6.07, 6.45) is 0. The first kappa shape index (κ1) is 9.81. The molecular formula is C10H8ClO2. The standard InChI is InChI=1S/C10H8ClO2/c1-7(10(12)13-2)8-4-3-5-9(11)6-8/h1,3-6H,2H3. The fraction of sp³-hybridized carbons (Fsp3) is 0.100. The van der Waals surface area contributed by atoms with E-state index in [2.05, 4.69) is 4.74 Å². The van der Waals surface area contributed by atoms with E-state index in [-0.39, 0.29) is 5.57 Å². The molecule has 0 saturated heterocycles. The molecule has 0 aromatic heterocycles. The average Bonchev–Trinajstić information content (AvgIpc) is 2.15. The van der Waals surface area contributed by atoms with Gasteiger partial charge in [-0.1, -0.05) is 23.7 Å². The van der Waals surface area contributed by atoms with Gasteiger partial charge in [0.2, 0.25) is 0 Å². The average molecular weight is 196 g/mol. The number of halogens is 1. The minimum atomic E-state index is -0.553. The number of hydrogen-bond acceptors (Lipinski definition) is 2. The Balaban J connectivity index is 2.95. The number of rotatable bonds is 2. The first-order chi connectivity index (χ1) is 6.15. The van der Waals surface area contributed by atoms with Gasteiger partial charge in [0, 0.05) is 5.02 Å². The molecule has 1 radical (unpaired) electrons. The highest BCUT2D eigenvalue weighted by Crippen LogP contribution is 2.17. The number of carbonyl (C=O) groups is 1. The van der Waals surface area contributed by atoms with Crippen molar-refractivity contribution in [3.63, 3.8) is 0 Å². The lowest BCUT2D eigenvalue weighted by Crippen LogP contribution is -2.02. The number of benzene rings is 1. The Kier molecular flexibility index (Phi) is 3.09. The molecule has 0 aliphatic rings. The molecule has 1 aromatic rings. The van der Waals surface area contributed by atoms with E-state index >= 15 is 0 Å². The second-order valence-corrected chi connectivity index (χ2v) is 2.85. The molecule has 0 saturated carbocycles. The van der Waals surface area contributed by atoms with Gasteiger partial charge in [0.05, 0.1) is 12.7 Å². The van der Waals surface area contributed by atoms with Crippen LogP contribution in [0.15, 0.2) is 24.3 Å². The van der Waals surface area contributed by atoms with Crippen molar-refractivity contribution in [3.05, 3.63) is 41.4 Å². The summed E-state index contributed by atoms with van der Waals surface area (Å²) >= 11 is 5.72. The largest absolute Gasteiger partial charge is 0.465 e. The molecule has 0 amide bonds. The van der Waals surface area contributed by atoms with Gasteiger partial charge in [-0.05, 0) is 24.3 Å². The van der Waals surface area contributed by atoms with Crippen LogP contribution >= 0.6 is 11.6 Å². The predicted molar refractivity (Wildman–Crippen MR) is 51.2 cm³/mol. The van der Waals surface area contributed by atoms with Crippen LogP contribution in [0.3, 0.4) is 0 Å². The SMILES string of the molecule is [CH]=C(C(=O)OC)c1cccc(Cl)c1. The molecule has 0 atom stereocenters. The number of esters is 1. The lowest BCUT2D eigenvalue weighted by molar-refractivity contribution is -0.133. The predicted octanol–water partition coefficient (Wildman–Crippen LogP) is 2.33. The summed E-state index contributed by atoms with van der Waals surface area (Å²) in [6, 6.07) is 6.72. The maximum Gasteiger partial charge on any atom is 0.338 e. The summed E-state index contributed by atoms with van der Waals surface area (Å²) in [5.41, 5.74) is 0.629. The van der Waals surface area contributed by atoms with E-state index in [0.29, 0.717) is 10.6 Å². The Morgan fingerprint density at radius 1 is 1.54 bits per heavy atom. The van der Waals surface area contributed by atoms with Crippen molar-refractivity contribution in [3.8, 4) is 0 Å². The van der Waals surface area contributed by atoms with Gasteiger partial charge in [-0.25, -0.2) is 4.79 Å². The van der Waals surface area contributed by atoms with E-state index in [9.17, 15) is 4.79 Å². The molecular weight excluding hydrogens is 188 g/mol. The number of hydrogen-bond donors (Lipinski definition) is 0. The van der Waals surface area contributed by atoms with E-state index in [0.717, 1.165) is 0 Å². The molecule has 0 bridgehead atoms. The van der Waals surface area contributed by atoms with Crippen molar-refractivity contribution in [2.75, 3.05) is 7.11 Å². The topological polar surface area (TPSA) is 26.3 Å². The van der Waals surface area contributed by atoms with Gasteiger partial charge in [-0.3, -0.25) is 0 Å². The summed E-state index contributed by atoms with van der Waals surface area (Å²) < 4.78 is 4.46. The van der Waals surface area contributed by atoms with Crippen molar-refractivity contribution in [1.82, 2.24) is 0 Å². The van der Waals surface area contributed by atoms with Crippen molar-refractivity contribution in [2.24, 2.45) is 0 Å². The molecule has 13 heavy (non-hydrogen) atoms. The molecule has 0 spiro atoms. The highest BCUT2D eigenvalue weighted by atomic mass is 35.5. The summed E-state index contributed by atoms with van der Waals surface area (Å²) in [5.74, 6) is -0.553. The Bertz CT molecular complexity index is 345. The van der Waals surface area contributed by atoms with Crippen molar-refractivity contribution < 1.29 is 9.53 Å². The van der Waals surface area contributed by atoms with E-state index in [1.807, 2.05) is 0 Å². The highest BCUT2D eigenvalue weighted by molar-refractivity contribution is 6.31. The number of methoxy groups -OCH3 is 1. The second-order valence-electron chi connectivity index (χ2n) is 2.42. The Morgan fingerprint density at radius 2 is 2.23 bits per heavy atom. The van der Waals surface area contributed by atoms with Gasteiger partial charge >= 0.3 is 5.97 Å². The molecule has 0 heterocycles.